The number of methoxy groups -OCH3 is 1. The zero-order valence-corrected chi connectivity index (χ0v) is 9.08. The molecule has 1 fully saturated rings. The average molecular weight is 202 g/mol. The number of nitrogens with zero attached hydrogens (tertiary/aromatic N) is 1. The fourth-order valence-corrected chi connectivity index (χ4v) is 1.79. The minimum atomic E-state index is 0.693. The predicted octanol–water partition coefficient (Wildman–Crippen LogP) is -0.0700. The van der Waals surface area contributed by atoms with Gasteiger partial charge in [0.2, 0.25) is 0 Å². The summed E-state index contributed by atoms with van der Waals surface area (Å²) in [6, 6.07) is 0. The Hall–Kier alpha value is -0.160. The Morgan fingerprint density at radius 2 is 2.36 bits per heavy atom. The van der Waals surface area contributed by atoms with Gasteiger partial charge in [-0.3, -0.25) is 4.90 Å². The van der Waals surface area contributed by atoms with Gasteiger partial charge in [-0.25, -0.2) is 0 Å². The van der Waals surface area contributed by atoms with E-state index in [1.807, 2.05) is 0 Å². The van der Waals surface area contributed by atoms with Crippen LogP contribution in [0.5, 0.6) is 0 Å². The van der Waals surface area contributed by atoms with E-state index in [-0.39, 0.29) is 0 Å². The minimum Gasteiger partial charge on any atom is -0.383 e. The Balaban J connectivity index is 2.18. The number of nitrogens with two attached hydrogens (primary N) is 1. The van der Waals surface area contributed by atoms with Crippen molar-refractivity contribution < 1.29 is 9.47 Å². The Morgan fingerprint density at radius 1 is 1.50 bits per heavy atom. The van der Waals surface area contributed by atoms with Crippen LogP contribution in [-0.2, 0) is 9.47 Å². The zero-order valence-electron chi connectivity index (χ0n) is 9.08. The van der Waals surface area contributed by atoms with Gasteiger partial charge < -0.3 is 15.2 Å². The van der Waals surface area contributed by atoms with E-state index in [0.717, 1.165) is 46.0 Å². The molecule has 0 aromatic heterocycles. The van der Waals surface area contributed by atoms with Gasteiger partial charge in [-0.1, -0.05) is 0 Å². The molecule has 2 N–H and O–H groups in total. The van der Waals surface area contributed by atoms with Crippen LogP contribution in [0.15, 0.2) is 0 Å². The van der Waals surface area contributed by atoms with Crippen molar-refractivity contribution in [1.82, 2.24) is 4.90 Å². The summed E-state index contributed by atoms with van der Waals surface area (Å²) >= 11 is 0. The van der Waals surface area contributed by atoms with Crippen molar-refractivity contribution in [1.29, 1.82) is 0 Å². The standard InChI is InChI=1S/C10H22N2O2/c1-13-7-5-12(4-3-11)8-10-2-6-14-9-10/h10H,2-9,11H2,1H3. The molecule has 14 heavy (non-hydrogen) atoms. The highest BCUT2D eigenvalue weighted by atomic mass is 16.5. The van der Waals surface area contributed by atoms with Crippen molar-refractivity contribution in [3.8, 4) is 0 Å². The summed E-state index contributed by atoms with van der Waals surface area (Å²) in [4.78, 5) is 2.36. The molecule has 0 spiro atoms. The van der Waals surface area contributed by atoms with Gasteiger partial charge in [0.15, 0.2) is 0 Å². The molecule has 0 aromatic carbocycles. The summed E-state index contributed by atoms with van der Waals surface area (Å²) in [7, 11) is 1.74. The van der Waals surface area contributed by atoms with Crippen molar-refractivity contribution in [3.63, 3.8) is 0 Å². The molecule has 1 heterocycles. The van der Waals surface area contributed by atoms with Crippen LogP contribution in [0, 0.1) is 5.92 Å². The van der Waals surface area contributed by atoms with Crippen LogP contribution in [0.25, 0.3) is 0 Å². The van der Waals surface area contributed by atoms with Gasteiger partial charge in [0, 0.05) is 39.9 Å². The van der Waals surface area contributed by atoms with Crippen LogP contribution in [0.4, 0.5) is 0 Å². The number of rotatable bonds is 7. The number of hydrogen-bond acceptors (Lipinski definition) is 4. The molecule has 1 aliphatic heterocycles. The molecule has 0 bridgehead atoms. The SMILES string of the molecule is COCCN(CCN)CC1CCOC1. The lowest BCUT2D eigenvalue weighted by atomic mass is 10.1. The third-order valence-electron chi connectivity index (χ3n) is 2.60. The monoisotopic (exact) mass is 202 g/mol. The molecule has 1 rings (SSSR count). The summed E-state index contributed by atoms with van der Waals surface area (Å²) in [5.74, 6) is 0.693. The van der Waals surface area contributed by atoms with Crippen LogP contribution in [0.2, 0.25) is 0 Å². The smallest absolute Gasteiger partial charge is 0.0589 e. The lowest BCUT2D eigenvalue weighted by Gasteiger charge is -2.23. The molecule has 0 aliphatic carbocycles. The minimum absolute atomic E-state index is 0.693. The van der Waals surface area contributed by atoms with Crippen molar-refractivity contribution in [2.45, 2.75) is 6.42 Å². The largest absolute Gasteiger partial charge is 0.383 e. The lowest BCUT2D eigenvalue weighted by Crippen LogP contribution is -2.36. The molecule has 1 unspecified atom stereocenters. The third-order valence-corrected chi connectivity index (χ3v) is 2.60. The highest BCUT2D eigenvalue weighted by molar-refractivity contribution is 4.70. The van der Waals surface area contributed by atoms with Crippen molar-refractivity contribution >= 4 is 0 Å². The Kier molecular flexibility index (Phi) is 6.10. The van der Waals surface area contributed by atoms with Gasteiger partial charge in [-0.2, -0.15) is 0 Å². The van der Waals surface area contributed by atoms with Crippen LogP contribution in [-0.4, -0.2) is 58.0 Å². The maximum atomic E-state index is 5.56. The molecule has 1 atom stereocenters. The third kappa shape index (κ3) is 4.37. The highest BCUT2D eigenvalue weighted by Gasteiger charge is 2.18. The van der Waals surface area contributed by atoms with E-state index in [1.165, 1.54) is 6.42 Å². The maximum absolute atomic E-state index is 5.56. The fraction of sp³-hybridized carbons (Fsp3) is 1.00. The Labute approximate surface area is 86.3 Å². The summed E-state index contributed by atoms with van der Waals surface area (Å²) in [5, 5.41) is 0. The summed E-state index contributed by atoms with van der Waals surface area (Å²) in [6.45, 7) is 6.37. The predicted molar refractivity (Wildman–Crippen MR) is 56.3 cm³/mol. The van der Waals surface area contributed by atoms with Crippen LogP contribution >= 0.6 is 0 Å². The van der Waals surface area contributed by atoms with Crippen LogP contribution < -0.4 is 5.73 Å². The first-order valence-corrected chi connectivity index (χ1v) is 5.36. The van der Waals surface area contributed by atoms with E-state index < -0.39 is 0 Å². The quantitative estimate of drug-likeness (QED) is 0.628. The molecule has 1 saturated heterocycles. The topological polar surface area (TPSA) is 47.7 Å². The Bertz CT molecular complexity index is 138. The van der Waals surface area contributed by atoms with Gasteiger partial charge in [-0.05, 0) is 12.3 Å². The van der Waals surface area contributed by atoms with Gasteiger partial charge in [0.1, 0.15) is 0 Å². The average Bonchev–Trinajstić information content (AvgIpc) is 2.67. The van der Waals surface area contributed by atoms with E-state index in [1.54, 1.807) is 7.11 Å². The fourth-order valence-electron chi connectivity index (χ4n) is 1.79. The van der Waals surface area contributed by atoms with Crippen LogP contribution in [0.3, 0.4) is 0 Å². The molecule has 0 aromatic rings. The van der Waals surface area contributed by atoms with Crippen molar-refractivity contribution in [2.24, 2.45) is 11.7 Å². The zero-order chi connectivity index (χ0) is 10.2. The van der Waals surface area contributed by atoms with E-state index in [2.05, 4.69) is 4.90 Å². The molecular formula is C10H22N2O2. The summed E-state index contributed by atoms with van der Waals surface area (Å²) in [5.41, 5.74) is 5.56. The normalized spacial score (nSPS) is 22.1. The second-order valence-corrected chi connectivity index (χ2v) is 3.81. The molecule has 84 valence electrons. The van der Waals surface area contributed by atoms with Gasteiger partial charge >= 0.3 is 0 Å². The van der Waals surface area contributed by atoms with Gasteiger partial charge in [-0.15, -0.1) is 0 Å². The highest BCUT2D eigenvalue weighted by Crippen LogP contribution is 2.13. The van der Waals surface area contributed by atoms with E-state index in [4.69, 9.17) is 15.2 Å². The Morgan fingerprint density at radius 3 is 2.93 bits per heavy atom. The number of ether oxygens (including phenoxy) is 2. The van der Waals surface area contributed by atoms with Crippen molar-refractivity contribution in [2.75, 3.05) is 53.1 Å². The first-order valence-electron chi connectivity index (χ1n) is 5.36. The second kappa shape index (κ2) is 7.17. The van der Waals surface area contributed by atoms with Gasteiger partial charge in [0.05, 0.1) is 13.2 Å². The first kappa shape index (κ1) is 11.9. The maximum Gasteiger partial charge on any atom is 0.0589 e. The molecule has 4 heteroatoms. The van der Waals surface area contributed by atoms with Crippen LogP contribution in [0.1, 0.15) is 6.42 Å². The number of hydrogen-bond donors (Lipinski definition) is 1. The van der Waals surface area contributed by atoms with E-state index in [0.29, 0.717) is 5.92 Å². The van der Waals surface area contributed by atoms with E-state index >= 15 is 0 Å². The molecule has 0 saturated carbocycles. The first-order chi connectivity index (χ1) is 6.86. The summed E-state index contributed by atoms with van der Waals surface area (Å²) < 4.78 is 10.4. The second-order valence-electron chi connectivity index (χ2n) is 3.81. The molecule has 1 aliphatic rings. The molecular weight excluding hydrogens is 180 g/mol. The summed E-state index contributed by atoms with van der Waals surface area (Å²) in [6.07, 6.45) is 1.19. The van der Waals surface area contributed by atoms with E-state index in [9.17, 15) is 0 Å². The van der Waals surface area contributed by atoms with Gasteiger partial charge in [0.25, 0.3) is 0 Å². The molecule has 0 amide bonds. The van der Waals surface area contributed by atoms with Crippen molar-refractivity contribution in [3.05, 3.63) is 0 Å². The molecule has 0 radical (unpaired) electrons. The molecule has 4 nitrogen and oxygen atoms in total. The lowest BCUT2D eigenvalue weighted by molar-refractivity contribution is 0.130.